The maximum atomic E-state index is 12.7. The Morgan fingerprint density at radius 2 is 1.95 bits per heavy atom. The number of aromatic nitrogens is 2. The number of hydrogen-bond donors (Lipinski definition) is 0. The van der Waals surface area contributed by atoms with Crippen molar-refractivity contribution in [2.75, 3.05) is 6.61 Å². The minimum atomic E-state index is -4.67. The number of alkyl halides is 3. The Morgan fingerprint density at radius 3 is 2.32 bits per heavy atom. The number of halogens is 4. The van der Waals surface area contributed by atoms with Gasteiger partial charge in [-0.1, -0.05) is 11.6 Å². The molecule has 0 spiro atoms. The van der Waals surface area contributed by atoms with Crippen LogP contribution in [0.15, 0.2) is 0 Å². The van der Waals surface area contributed by atoms with E-state index in [0.717, 1.165) is 4.68 Å². The molecule has 1 heterocycles. The van der Waals surface area contributed by atoms with Crippen molar-refractivity contribution in [3.05, 3.63) is 16.4 Å². The van der Waals surface area contributed by atoms with Crippen LogP contribution < -0.4 is 0 Å². The third kappa shape index (κ3) is 2.86. The molecular formula is C11H14ClF3N2O2. The number of nitrogens with zero attached hydrogens (tertiary/aromatic N) is 2. The van der Waals surface area contributed by atoms with Crippen molar-refractivity contribution in [2.45, 2.75) is 39.4 Å². The van der Waals surface area contributed by atoms with Crippen LogP contribution in [0.25, 0.3) is 0 Å². The normalized spacial score (nSPS) is 12.6. The van der Waals surface area contributed by atoms with Crippen molar-refractivity contribution in [3.8, 4) is 0 Å². The average molecular weight is 299 g/mol. The fraction of sp³-hybridized carbons (Fsp3) is 0.636. The summed E-state index contributed by atoms with van der Waals surface area (Å²) < 4.78 is 43.9. The topological polar surface area (TPSA) is 44.1 Å². The maximum Gasteiger partial charge on any atom is 0.436 e. The van der Waals surface area contributed by atoms with Crippen LogP contribution in [-0.2, 0) is 21.2 Å². The number of carbonyl (C=O) groups excluding carboxylic acids is 1. The van der Waals surface area contributed by atoms with Gasteiger partial charge in [-0.15, -0.1) is 0 Å². The van der Waals surface area contributed by atoms with E-state index in [9.17, 15) is 18.0 Å². The molecule has 0 aromatic carbocycles. The van der Waals surface area contributed by atoms with Crippen LogP contribution in [0, 0.1) is 6.92 Å². The highest BCUT2D eigenvalue weighted by Crippen LogP contribution is 2.37. The summed E-state index contributed by atoms with van der Waals surface area (Å²) in [4.78, 5) is 11.8. The smallest absolute Gasteiger partial charge is 0.436 e. The Hall–Kier alpha value is -1.24. The SMILES string of the molecule is CCOC(=O)C(C)(C)n1nc(C(F)(F)F)c(Cl)c1C. The lowest BCUT2D eigenvalue weighted by atomic mass is 10.1. The largest absolute Gasteiger partial charge is 0.464 e. The first-order valence-electron chi connectivity index (χ1n) is 5.53. The zero-order chi connectivity index (χ0) is 15.0. The molecule has 1 aromatic rings. The van der Waals surface area contributed by atoms with E-state index in [-0.39, 0.29) is 12.3 Å². The quantitative estimate of drug-likeness (QED) is 0.805. The summed E-state index contributed by atoms with van der Waals surface area (Å²) in [5, 5.41) is 2.91. The molecule has 0 radical (unpaired) electrons. The molecule has 0 N–H and O–H groups in total. The van der Waals surface area contributed by atoms with Crippen LogP contribution >= 0.6 is 11.6 Å². The van der Waals surface area contributed by atoms with Crippen LogP contribution in [0.3, 0.4) is 0 Å². The highest BCUT2D eigenvalue weighted by molar-refractivity contribution is 6.32. The number of esters is 1. The van der Waals surface area contributed by atoms with Crippen LogP contribution in [-0.4, -0.2) is 22.4 Å². The molecule has 1 aromatic heterocycles. The number of carbonyl (C=O) groups is 1. The van der Waals surface area contributed by atoms with Gasteiger partial charge >= 0.3 is 12.1 Å². The molecule has 108 valence electrons. The highest BCUT2D eigenvalue weighted by atomic mass is 35.5. The molecular weight excluding hydrogens is 285 g/mol. The zero-order valence-corrected chi connectivity index (χ0v) is 11.7. The predicted molar refractivity (Wildman–Crippen MR) is 62.9 cm³/mol. The first-order valence-corrected chi connectivity index (χ1v) is 5.91. The summed E-state index contributed by atoms with van der Waals surface area (Å²) >= 11 is 5.63. The second-order valence-electron chi connectivity index (χ2n) is 4.44. The lowest BCUT2D eigenvalue weighted by molar-refractivity contribution is -0.154. The third-order valence-electron chi connectivity index (χ3n) is 2.62. The van der Waals surface area contributed by atoms with Gasteiger partial charge in [0.1, 0.15) is 0 Å². The Kier molecular flexibility index (Phi) is 4.19. The Bertz CT molecular complexity index is 495. The monoisotopic (exact) mass is 298 g/mol. The maximum absolute atomic E-state index is 12.7. The van der Waals surface area contributed by atoms with Crippen molar-refractivity contribution < 1.29 is 22.7 Å². The van der Waals surface area contributed by atoms with E-state index >= 15 is 0 Å². The molecule has 0 fully saturated rings. The summed E-state index contributed by atoms with van der Waals surface area (Å²) in [5.74, 6) is -0.675. The summed E-state index contributed by atoms with van der Waals surface area (Å²) in [6.07, 6.45) is -4.67. The summed E-state index contributed by atoms with van der Waals surface area (Å²) in [7, 11) is 0. The van der Waals surface area contributed by atoms with Gasteiger partial charge in [-0.3, -0.25) is 4.68 Å². The fourth-order valence-corrected chi connectivity index (χ4v) is 1.83. The van der Waals surface area contributed by atoms with E-state index in [1.165, 1.54) is 20.8 Å². The molecule has 0 aliphatic heterocycles. The molecule has 0 bridgehead atoms. The van der Waals surface area contributed by atoms with Crippen molar-refractivity contribution >= 4 is 17.6 Å². The molecule has 8 heteroatoms. The molecule has 4 nitrogen and oxygen atoms in total. The van der Waals surface area contributed by atoms with Crippen LogP contribution in [0.4, 0.5) is 13.2 Å². The minimum Gasteiger partial charge on any atom is -0.464 e. The van der Waals surface area contributed by atoms with Crippen molar-refractivity contribution in [3.63, 3.8) is 0 Å². The van der Waals surface area contributed by atoms with E-state index in [4.69, 9.17) is 16.3 Å². The minimum absolute atomic E-state index is 0.0621. The van der Waals surface area contributed by atoms with Crippen LogP contribution in [0.2, 0.25) is 5.02 Å². The predicted octanol–water partition coefficient (Wildman–Crippen LogP) is 3.16. The van der Waals surface area contributed by atoms with E-state index < -0.39 is 28.4 Å². The Labute approximate surface area is 113 Å². The first-order chi connectivity index (χ1) is 8.53. The second kappa shape index (κ2) is 5.03. The summed E-state index contributed by atoms with van der Waals surface area (Å²) in [6.45, 7) is 5.94. The van der Waals surface area contributed by atoms with E-state index in [2.05, 4.69) is 5.10 Å². The Balaban J connectivity index is 3.33. The molecule has 19 heavy (non-hydrogen) atoms. The second-order valence-corrected chi connectivity index (χ2v) is 4.82. The summed E-state index contributed by atoms with van der Waals surface area (Å²) in [6, 6.07) is 0. The van der Waals surface area contributed by atoms with Crippen LogP contribution in [0.1, 0.15) is 32.2 Å². The molecule has 0 aliphatic rings. The fourth-order valence-electron chi connectivity index (χ4n) is 1.60. The molecule has 0 atom stereocenters. The van der Waals surface area contributed by atoms with Gasteiger partial charge in [0.25, 0.3) is 0 Å². The average Bonchev–Trinajstić information content (AvgIpc) is 2.56. The lowest BCUT2D eigenvalue weighted by Gasteiger charge is -2.24. The van der Waals surface area contributed by atoms with Crippen molar-refractivity contribution in [1.29, 1.82) is 0 Å². The molecule has 0 amide bonds. The molecule has 0 unspecified atom stereocenters. The van der Waals surface area contributed by atoms with Gasteiger partial charge in [-0.2, -0.15) is 18.3 Å². The highest BCUT2D eigenvalue weighted by Gasteiger charge is 2.42. The first kappa shape index (κ1) is 15.8. The van der Waals surface area contributed by atoms with E-state index in [1.807, 2.05) is 0 Å². The zero-order valence-electron chi connectivity index (χ0n) is 10.9. The van der Waals surface area contributed by atoms with Gasteiger partial charge in [-0.05, 0) is 27.7 Å². The lowest BCUT2D eigenvalue weighted by Crippen LogP contribution is -2.39. The Morgan fingerprint density at radius 1 is 1.42 bits per heavy atom. The standard InChI is InChI=1S/C11H14ClF3N2O2/c1-5-19-9(18)10(3,4)17-6(2)7(12)8(16-17)11(13,14)15/h5H2,1-4H3. The number of rotatable bonds is 3. The van der Waals surface area contributed by atoms with Gasteiger partial charge in [-0.25, -0.2) is 4.79 Å². The van der Waals surface area contributed by atoms with Gasteiger partial charge in [0, 0.05) is 0 Å². The number of hydrogen-bond acceptors (Lipinski definition) is 3. The van der Waals surface area contributed by atoms with Gasteiger partial charge in [0.15, 0.2) is 11.2 Å². The molecule has 0 saturated carbocycles. The van der Waals surface area contributed by atoms with Crippen molar-refractivity contribution in [1.82, 2.24) is 9.78 Å². The molecule has 0 aliphatic carbocycles. The van der Waals surface area contributed by atoms with Gasteiger partial charge in [0.2, 0.25) is 0 Å². The van der Waals surface area contributed by atoms with Gasteiger partial charge < -0.3 is 4.74 Å². The van der Waals surface area contributed by atoms with E-state index in [0.29, 0.717) is 0 Å². The molecule has 1 rings (SSSR count). The third-order valence-corrected chi connectivity index (χ3v) is 3.07. The summed E-state index contributed by atoms with van der Waals surface area (Å²) in [5.41, 5.74) is -2.51. The number of ether oxygens (including phenoxy) is 1. The van der Waals surface area contributed by atoms with E-state index in [1.54, 1.807) is 6.92 Å². The van der Waals surface area contributed by atoms with Crippen LogP contribution in [0.5, 0.6) is 0 Å². The van der Waals surface area contributed by atoms with Gasteiger partial charge in [0.05, 0.1) is 17.3 Å². The van der Waals surface area contributed by atoms with Crippen molar-refractivity contribution in [2.24, 2.45) is 0 Å². The molecule has 0 saturated heterocycles.